The minimum absolute atomic E-state index is 0.0125. The van der Waals surface area contributed by atoms with Crippen LogP contribution in [0.5, 0.6) is 0 Å². The van der Waals surface area contributed by atoms with Crippen LogP contribution in [0.2, 0.25) is 0 Å². The number of nitrogens with zero attached hydrogens (tertiary/aromatic N) is 1. The molecule has 1 aliphatic carbocycles. The van der Waals surface area contributed by atoms with E-state index in [1.165, 1.54) is 6.08 Å². The summed E-state index contributed by atoms with van der Waals surface area (Å²) in [4.78, 5) is 9.89. The minimum Gasteiger partial charge on any atom is -0.396 e. The van der Waals surface area contributed by atoms with Gasteiger partial charge in [0.1, 0.15) is 0 Å². The topological polar surface area (TPSA) is 69.2 Å². The van der Waals surface area contributed by atoms with Crippen LogP contribution in [0.25, 0.3) is 0 Å². The molecule has 0 aliphatic heterocycles. The van der Waals surface area contributed by atoms with Gasteiger partial charge in [-0.05, 0) is 6.92 Å². The van der Waals surface area contributed by atoms with Crippen molar-refractivity contribution in [1.29, 1.82) is 0 Å². The predicted molar refractivity (Wildman–Crippen MR) is 49.4 cm³/mol. The molecule has 4 nitrogen and oxygen atoms in total. The standard InChI is InChI=1S/C7H10N2O2S/c1-7(12)3-2-6(9(10)11)5(8)4-7/h2-3,12H,4,8H2,1H3. The van der Waals surface area contributed by atoms with E-state index in [-0.39, 0.29) is 10.4 Å². The summed E-state index contributed by atoms with van der Waals surface area (Å²) in [6.07, 6.45) is 3.51. The molecule has 0 amide bonds. The van der Waals surface area contributed by atoms with Gasteiger partial charge in [0, 0.05) is 17.2 Å². The van der Waals surface area contributed by atoms with Gasteiger partial charge in [-0.25, -0.2) is 0 Å². The summed E-state index contributed by atoms with van der Waals surface area (Å²) in [7, 11) is 0. The van der Waals surface area contributed by atoms with Gasteiger partial charge in [-0.2, -0.15) is 12.6 Å². The maximum atomic E-state index is 10.4. The number of thiol groups is 1. The van der Waals surface area contributed by atoms with Crippen LogP contribution in [0.1, 0.15) is 13.3 Å². The lowest BCUT2D eigenvalue weighted by molar-refractivity contribution is -0.420. The molecule has 0 bridgehead atoms. The highest BCUT2D eigenvalue weighted by molar-refractivity contribution is 7.82. The third-order valence-electron chi connectivity index (χ3n) is 1.67. The summed E-state index contributed by atoms with van der Waals surface area (Å²) < 4.78 is -0.358. The van der Waals surface area contributed by atoms with Crippen LogP contribution in [0.3, 0.4) is 0 Å². The van der Waals surface area contributed by atoms with Crippen molar-refractivity contribution in [3.63, 3.8) is 0 Å². The Morgan fingerprint density at radius 3 is 2.83 bits per heavy atom. The highest BCUT2D eigenvalue weighted by Gasteiger charge is 2.26. The van der Waals surface area contributed by atoms with Crippen molar-refractivity contribution in [2.75, 3.05) is 0 Å². The summed E-state index contributed by atoms with van der Waals surface area (Å²) >= 11 is 4.26. The van der Waals surface area contributed by atoms with Crippen molar-refractivity contribution < 1.29 is 4.92 Å². The summed E-state index contributed by atoms with van der Waals surface area (Å²) in [5.74, 6) is 0. The Hall–Kier alpha value is -0.970. The van der Waals surface area contributed by atoms with Crippen LogP contribution < -0.4 is 5.73 Å². The third kappa shape index (κ3) is 1.79. The third-order valence-corrected chi connectivity index (χ3v) is 1.98. The van der Waals surface area contributed by atoms with Crippen LogP contribution in [-0.2, 0) is 0 Å². The normalized spacial score (nSPS) is 29.2. The lowest BCUT2D eigenvalue weighted by Gasteiger charge is -2.21. The monoisotopic (exact) mass is 186 g/mol. The molecule has 0 saturated heterocycles. The van der Waals surface area contributed by atoms with Gasteiger partial charge >= 0.3 is 0 Å². The molecular weight excluding hydrogens is 176 g/mol. The maximum Gasteiger partial charge on any atom is 0.287 e. The highest BCUT2D eigenvalue weighted by atomic mass is 32.1. The summed E-state index contributed by atoms with van der Waals surface area (Å²) in [6, 6.07) is 0. The summed E-state index contributed by atoms with van der Waals surface area (Å²) in [5.41, 5.74) is 5.77. The molecule has 2 N–H and O–H groups in total. The van der Waals surface area contributed by atoms with Crippen molar-refractivity contribution >= 4 is 12.6 Å². The predicted octanol–water partition coefficient (Wildman–Crippen LogP) is 1.08. The molecule has 12 heavy (non-hydrogen) atoms. The van der Waals surface area contributed by atoms with Crippen LogP contribution >= 0.6 is 12.6 Å². The fourth-order valence-electron chi connectivity index (χ4n) is 1.08. The average Bonchev–Trinajstić information content (AvgIpc) is 1.83. The number of rotatable bonds is 1. The van der Waals surface area contributed by atoms with E-state index in [0.29, 0.717) is 12.1 Å². The molecule has 1 rings (SSSR count). The fraction of sp³-hybridized carbons (Fsp3) is 0.429. The van der Waals surface area contributed by atoms with Crippen molar-refractivity contribution in [2.45, 2.75) is 18.1 Å². The van der Waals surface area contributed by atoms with E-state index in [1.807, 2.05) is 6.92 Å². The zero-order valence-corrected chi connectivity index (χ0v) is 7.54. The van der Waals surface area contributed by atoms with E-state index < -0.39 is 4.92 Å². The first kappa shape index (κ1) is 9.12. The molecule has 0 heterocycles. The van der Waals surface area contributed by atoms with Crippen LogP contribution in [0.15, 0.2) is 23.5 Å². The van der Waals surface area contributed by atoms with E-state index in [2.05, 4.69) is 12.6 Å². The van der Waals surface area contributed by atoms with E-state index in [0.717, 1.165) is 0 Å². The smallest absolute Gasteiger partial charge is 0.287 e. The molecule has 0 saturated carbocycles. The van der Waals surface area contributed by atoms with Crippen LogP contribution in [0.4, 0.5) is 0 Å². The zero-order chi connectivity index (χ0) is 9.35. The number of hydrogen-bond acceptors (Lipinski definition) is 4. The van der Waals surface area contributed by atoms with Gasteiger partial charge in [-0.3, -0.25) is 10.1 Å². The summed E-state index contributed by atoms with van der Waals surface area (Å²) in [5, 5.41) is 10.4. The number of nitro groups is 1. The van der Waals surface area contributed by atoms with Crippen molar-refractivity contribution in [1.82, 2.24) is 0 Å². The van der Waals surface area contributed by atoms with E-state index in [9.17, 15) is 10.1 Å². The fourth-order valence-corrected chi connectivity index (χ4v) is 1.32. The molecular formula is C7H10N2O2S. The lowest BCUT2D eigenvalue weighted by Crippen LogP contribution is -2.23. The molecule has 0 aromatic heterocycles. The Labute approximate surface area is 75.7 Å². The number of nitrogens with two attached hydrogens (primary N) is 1. The zero-order valence-electron chi connectivity index (χ0n) is 6.65. The van der Waals surface area contributed by atoms with Gasteiger partial charge in [0.15, 0.2) is 0 Å². The van der Waals surface area contributed by atoms with Crippen molar-refractivity contribution in [3.05, 3.63) is 33.7 Å². The molecule has 1 aliphatic rings. The Morgan fingerprint density at radius 2 is 2.42 bits per heavy atom. The second kappa shape index (κ2) is 2.82. The molecule has 5 heteroatoms. The number of allylic oxidation sites excluding steroid dienone is 2. The van der Waals surface area contributed by atoms with Crippen molar-refractivity contribution in [2.24, 2.45) is 5.73 Å². The Kier molecular flexibility index (Phi) is 2.14. The first-order chi connectivity index (χ1) is 5.42. The Bertz CT molecular complexity index is 281. The van der Waals surface area contributed by atoms with Gasteiger partial charge in [-0.15, -0.1) is 0 Å². The Balaban J connectivity index is 2.95. The highest BCUT2D eigenvalue weighted by Crippen LogP contribution is 2.29. The SMILES string of the molecule is CC1(S)C=CC([N+](=O)[O-])=C(N)C1. The molecule has 1 unspecified atom stereocenters. The van der Waals surface area contributed by atoms with Gasteiger partial charge in [0.25, 0.3) is 5.70 Å². The molecule has 66 valence electrons. The van der Waals surface area contributed by atoms with Gasteiger partial charge in [0.2, 0.25) is 0 Å². The van der Waals surface area contributed by atoms with E-state index >= 15 is 0 Å². The largest absolute Gasteiger partial charge is 0.396 e. The molecule has 0 fully saturated rings. The van der Waals surface area contributed by atoms with Gasteiger partial charge < -0.3 is 5.73 Å². The Morgan fingerprint density at radius 1 is 1.83 bits per heavy atom. The molecule has 1 atom stereocenters. The van der Waals surface area contributed by atoms with Crippen LogP contribution in [0, 0.1) is 10.1 Å². The van der Waals surface area contributed by atoms with E-state index in [1.54, 1.807) is 6.08 Å². The maximum absolute atomic E-state index is 10.4. The lowest BCUT2D eigenvalue weighted by atomic mass is 9.98. The van der Waals surface area contributed by atoms with E-state index in [4.69, 9.17) is 5.73 Å². The molecule has 0 spiro atoms. The number of hydrogen-bond donors (Lipinski definition) is 2. The first-order valence-corrected chi connectivity index (χ1v) is 3.92. The quantitative estimate of drug-likeness (QED) is 0.366. The molecule has 0 aromatic carbocycles. The minimum atomic E-state index is -0.477. The summed E-state index contributed by atoms with van der Waals surface area (Å²) in [6.45, 7) is 1.86. The first-order valence-electron chi connectivity index (χ1n) is 3.47. The molecule has 0 radical (unpaired) electrons. The van der Waals surface area contributed by atoms with Crippen LogP contribution in [-0.4, -0.2) is 9.67 Å². The van der Waals surface area contributed by atoms with Gasteiger partial charge in [-0.1, -0.05) is 6.08 Å². The van der Waals surface area contributed by atoms with Crippen molar-refractivity contribution in [3.8, 4) is 0 Å². The second-order valence-electron chi connectivity index (χ2n) is 3.03. The van der Waals surface area contributed by atoms with Gasteiger partial charge in [0.05, 0.1) is 10.6 Å². The molecule has 0 aromatic rings. The second-order valence-corrected chi connectivity index (χ2v) is 4.06. The average molecular weight is 186 g/mol.